The van der Waals surface area contributed by atoms with E-state index in [1.54, 1.807) is 7.11 Å². The average molecular weight is 131 g/mol. The highest BCUT2D eigenvalue weighted by Crippen LogP contribution is 2.08. The van der Waals surface area contributed by atoms with Gasteiger partial charge in [-0.3, -0.25) is 0 Å². The Hall–Kier alpha value is -0.0800. The molecule has 0 aliphatic rings. The van der Waals surface area contributed by atoms with Gasteiger partial charge in [0.2, 0.25) is 0 Å². The van der Waals surface area contributed by atoms with Crippen molar-refractivity contribution in [2.75, 3.05) is 27.8 Å². The Labute approximate surface area is 57.8 Å². The van der Waals surface area contributed by atoms with Gasteiger partial charge in [0, 0.05) is 12.6 Å². The highest BCUT2D eigenvalue weighted by atomic mass is 16.5. The van der Waals surface area contributed by atoms with Crippen LogP contribution in [0, 0.1) is 0 Å². The topological polar surface area (TPSA) is 12.5 Å². The molecule has 0 aliphatic carbocycles. The van der Waals surface area contributed by atoms with Crippen LogP contribution >= 0.6 is 0 Å². The first-order chi connectivity index (χ1) is 4.00. The first-order valence-electron chi connectivity index (χ1n) is 3.17. The van der Waals surface area contributed by atoms with E-state index < -0.39 is 0 Å². The van der Waals surface area contributed by atoms with Gasteiger partial charge in [-0.1, -0.05) is 0 Å². The Morgan fingerprint density at radius 2 is 1.78 bits per heavy atom. The Morgan fingerprint density at radius 3 is 1.89 bits per heavy atom. The van der Waals surface area contributed by atoms with Crippen molar-refractivity contribution in [3.63, 3.8) is 0 Å². The van der Waals surface area contributed by atoms with E-state index in [1.165, 1.54) is 0 Å². The van der Waals surface area contributed by atoms with Crippen LogP contribution in [0.15, 0.2) is 0 Å². The molecule has 0 aromatic heterocycles. The maximum absolute atomic E-state index is 5.03. The summed E-state index contributed by atoms with van der Waals surface area (Å²) in [6, 6.07) is 0. The highest BCUT2D eigenvalue weighted by Gasteiger charge is 2.19. The molecule has 0 radical (unpaired) electrons. The van der Waals surface area contributed by atoms with Gasteiger partial charge in [-0.05, 0) is 27.9 Å². The summed E-state index contributed by atoms with van der Waals surface area (Å²) in [6.07, 6.45) is 0. The molecule has 0 spiro atoms. The lowest BCUT2D eigenvalue weighted by Gasteiger charge is -2.31. The molecule has 0 bridgehead atoms. The summed E-state index contributed by atoms with van der Waals surface area (Å²) in [6.45, 7) is 5.08. The molecule has 2 heteroatoms. The Bertz CT molecular complexity index is 79.0. The maximum atomic E-state index is 5.03. The van der Waals surface area contributed by atoms with Crippen molar-refractivity contribution in [1.29, 1.82) is 0 Å². The molecule has 0 rings (SSSR count). The second-order valence-corrected chi connectivity index (χ2v) is 3.14. The zero-order valence-electron chi connectivity index (χ0n) is 7.06. The molecule has 2 nitrogen and oxygen atoms in total. The second-order valence-electron chi connectivity index (χ2n) is 3.14. The molecule has 0 unspecified atom stereocenters. The number of rotatable bonds is 3. The summed E-state index contributed by atoms with van der Waals surface area (Å²) in [5, 5.41) is 0. The van der Waals surface area contributed by atoms with Crippen molar-refractivity contribution >= 4 is 0 Å². The van der Waals surface area contributed by atoms with E-state index in [-0.39, 0.29) is 5.54 Å². The minimum atomic E-state index is 0.161. The predicted octanol–water partition coefficient (Wildman–Crippen LogP) is 0.973. The molecule has 9 heavy (non-hydrogen) atoms. The lowest BCUT2D eigenvalue weighted by molar-refractivity contribution is 0.0662. The minimum Gasteiger partial charge on any atom is -0.383 e. The van der Waals surface area contributed by atoms with Crippen LogP contribution in [-0.4, -0.2) is 38.3 Å². The van der Waals surface area contributed by atoms with Crippen molar-refractivity contribution < 1.29 is 4.74 Å². The lowest BCUT2D eigenvalue weighted by atomic mass is 10.1. The van der Waals surface area contributed by atoms with Crippen LogP contribution in [0.1, 0.15) is 13.8 Å². The van der Waals surface area contributed by atoms with Crippen LogP contribution < -0.4 is 0 Å². The van der Waals surface area contributed by atoms with Crippen molar-refractivity contribution in [2.24, 2.45) is 0 Å². The first kappa shape index (κ1) is 8.92. The SMILES string of the molecule is COCC(C)(C)N(C)C. The van der Waals surface area contributed by atoms with E-state index in [2.05, 4.69) is 32.8 Å². The monoisotopic (exact) mass is 131 g/mol. The number of hydrogen-bond donors (Lipinski definition) is 0. The maximum Gasteiger partial charge on any atom is 0.0641 e. The summed E-state index contributed by atoms with van der Waals surface area (Å²) in [5.41, 5.74) is 0.161. The summed E-state index contributed by atoms with van der Waals surface area (Å²) < 4.78 is 5.03. The van der Waals surface area contributed by atoms with E-state index in [1.807, 2.05) is 0 Å². The van der Waals surface area contributed by atoms with E-state index in [9.17, 15) is 0 Å². The van der Waals surface area contributed by atoms with Gasteiger partial charge < -0.3 is 9.64 Å². The Balaban J connectivity index is 3.70. The van der Waals surface area contributed by atoms with Crippen LogP contribution in [0.25, 0.3) is 0 Å². The van der Waals surface area contributed by atoms with Crippen LogP contribution in [-0.2, 0) is 4.74 Å². The van der Waals surface area contributed by atoms with Gasteiger partial charge in [0.15, 0.2) is 0 Å². The molecule has 56 valence electrons. The van der Waals surface area contributed by atoms with E-state index in [0.717, 1.165) is 6.61 Å². The van der Waals surface area contributed by atoms with Crippen LogP contribution in [0.4, 0.5) is 0 Å². The van der Waals surface area contributed by atoms with Crippen LogP contribution in [0.2, 0.25) is 0 Å². The van der Waals surface area contributed by atoms with E-state index in [4.69, 9.17) is 4.74 Å². The summed E-state index contributed by atoms with van der Waals surface area (Å²) >= 11 is 0. The van der Waals surface area contributed by atoms with Gasteiger partial charge in [-0.2, -0.15) is 0 Å². The quantitative estimate of drug-likeness (QED) is 0.566. The average Bonchev–Trinajstić information content (AvgIpc) is 1.65. The molecule has 0 saturated heterocycles. The first-order valence-corrected chi connectivity index (χ1v) is 3.17. The van der Waals surface area contributed by atoms with E-state index in [0.29, 0.717) is 0 Å². The molecule has 0 fully saturated rings. The molecule has 0 atom stereocenters. The number of ether oxygens (including phenoxy) is 1. The molecule has 0 saturated carbocycles. The van der Waals surface area contributed by atoms with Gasteiger partial charge in [-0.15, -0.1) is 0 Å². The van der Waals surface area contributed by atoms with Gasteiger partial charge in [0.05, 0.1) is 6.61 Å². The third kappa shape index (κ3) is 2.82. The third-order valence-electron chi connectivity index (χ3n) is 1.71. The number of nitrogens with zero attached hydrogens (tertiary/aromatic N) is 1. The minimum absolute atomic E-state index is 0.161. The largest absolute Gasteiger partial charge is 0.383 e. The molecule has 0 heterocycles. The summed E-state index contributed by atoms with van der Waals surface area (Å²) in [4.78, 5) is 2.15. The van der Waals surface area contributed by atoms with Gasteiger partial charge in [0.1, 0.15) is 0 Å². The fourth-order valence-corrected chi connectivity index (χ4v) is 0.482. The van der Waals surface area contributed by atoms with Crippen molar-refractivity contribution in [3.8, 4) is 0 Å². The fourth-order valence-electron chi connectivity index (χ4n) is 0.482. The van der Waals surface area contributed by atoms with Gasteiger partial charge in [0.25, 0.3) is 0 Å². The molecule has 0 aliphatic heterocycles. The third-order valence-corrected chi connectivity index (χ3v) is 1.71. The zero-order valence-corrected chi connectivity index (χ0v) is 7.06. The molecular weight excluding hydrogens is 114 g/mol. The smallest absolute Gasteiger partial charge is 0.0641 e. The molecule has 0 amide bonds. The second kappa shape index (κ2) is 3.18. The molecule has 0 aromatic carbocycles. The normalized spacial score (nSPS) is 12.7. The summed E-state index contributed by atoms with van der Waals surface area (Å²) in [7, 11) is 5.84. The summed E-state index contributed by atoms with van der Waals surface area (Å²) in [5.74, 6) is 0. The fraction of sp³-hybridized carbons (Fsp3) is 1.00. The standard InChI is InChI=1S/C7H17NO/c1-7(2,6-9-5)8(3)4/h6H2,1-5H3. The Kier molecular flexibility index (Phi) is 3.15. The van der Waals surface area contributed by atoms with Crippen LogP contribution in [0.3, 0.4) is 0 Å². The molecular formula is C7H17NO. The van der Waals surface area contributed by atoms with Crippen LogP contribution in [0.5, 0.6) is 0 Å². The van der Waals surface area contributed by atoms with Crippen molar-refractivity contribution in [1.82, 2.24) is 4.90 Å². The number of likely N-dealkylation sites (N-methyl/N-ethyl adjacent to an activating group) is 1. The lowest BCUT2D eigenvalue weighted by Crippen LogP contribution is -2.42. The van der Waals surface area contributed by atoms with Crippen molar-refractivity contribution in [3.05, 3.63) is 0 Å². The predicted molar refractivity (Wildman–Crippen MR) is 39.6 cm³/mol. The highest BCUT2D eigenvalue weighted by molar-refractivity contribution is 4.75. The zero-order chi connectivity index (χ0) is 7.49. The van der Waals surface area contributed by atoms with Crippen molar-refractivity contribution in [2.45, 2.75) is 19.4 Å². The van der Waals surface area contributed by atoms with E-state index >= 15 is 0 Å². The molecule has 0 aromatic rings. The van der Waals surface area contributed by atoms with Gasteiger partial charge >= 0.3 is 0 Å². The Morgan fingerprint density at radius 1 is 1.33 bits per heavy atom. The number of methoxy groups -OCH3 is 1. The van der Waals surface area contributed by atoms with Gasteiger partial charge in [-0.25, -0.2) is 0 Å². The molecule has 0 N–H and O–H groups in total. The number of hydrogen-bond acceptors (Lipinski definition) is 2.